The molecule has 0 saturated heterocycles. The highest BCUT2D eigenvalue weighted by molar-refractivity contribution is 9.10. The molecule has 0 radical (unpaired) electrons. The Bertz CT molecular complexity index is 700. The fourth-order valence-corrected chi connectivity index (χ4v) is 2.50. The van der Waals surface area contributed by atoms with Gasteiger partial charge >= 0.3 is 5.97 Å². The molecule has 0 saturated carbocycles. The number of nitrogens with one attached hydrogen (secondary N) is 1. The van der Waals surface area contributed by atoms with Crippen molar-refractivity contribution in [3.63, 3.8) is 0 Å². The van der Waals surface area contributed by atoms with Gasteiger partial charge in [0.25, 0.3) is 11.8 Å². The Hall–Kier alpha value is -2.40. The Morgan fingerprint density at radius 2 is 1.96 bits per heavy atom. The van der Waals surface area contributed by atoms with Crippen LogP contribution in [0.4, 0.5) is 0 Å². The maximum Gasteiger partial charge on any atom is 0.329 e. The zero-order chi connectivity index (χ0) is 19.7. The number of hydrogen-bond donors (Lipinski definition) is 1. The lowest BCUT2D eigenvalue weighted by Gasteiger charge is -2.22. The Balaban J connectivity index is 2.68. The van der Waals surface area contributed by atoms with Gasteiger partial charge in [-0.25, -0.2) is 4.79 Å². The molecule has 2 amide bonds. The highest BCUT2D eigenvalue weighted by Crippen LogP contribution is 2.16. The molecule has 1 N–H and O–H groups in total. The van der Waals surface area contributed by atoms with Gasteiger partial charge in [-0.3, -0.25) is 9.59 Å². The third-order valence-electron chi connectivity index (χ3n) is 3.65. The number of halogens is 1. The normalized spacial score (nSPS) is 11.4. The van der Waals surface area contributed by atoms with Crippen molar-refractivity contribution in [2.45, 2.75) is 26.3 Å². The maximum absolute atomic E-state index is 12.4. The van der Waals surface area contributed by atoms with Crippen LogP contribution in [0, 0.1) is 17.2 Å². The maximum atomic E-state index is 12.4. The van der Waals surface area contributed by atoms with E-state index in [2.05, 4.69) is 21.2 Å². The fourth-order valence-electron chi connectivity index (χ4n) is 2.04. The summed E-state index contributed by atoms with van der Waals surface area (Å²) in [6, 6.07) is 7.92. The molecule has 0 aliphatic heterocycles. The van der Waals surface area contributed by atoms with Crippen LogP contribution in [0.25, 0.3) is 0 Å². The van der Waals surface area contributed by atoms with Crippen LogP contribution >= 0.6 is 15.9 Å². The van der Waals surface area contributed by atoms with Crippen molar-refractivity contribution in [3.8, 4) is 6.07 Å². The van der Waals surface area contributed by atoms with Gasteiger partial charge in [-0.15, -0.1) is 0 Å². The van der Waals surface area contributed by atoms with Gasteiger partial charge in [-0.2, -0.15) is 5.26 Å². The van der Waals surface area contributed by atoms with E-state index >= 15 is 0 Å². The van der Waals surface area contributed by atoms with Crippen LogP contribution in [0.3, 0.4) is 0 Å². The average molecular weight is 424 g/mol. The molecule has 1 atom stereocenters. The Labute approximate surface area is 161 Å². The van der Waals surface area contributed by atoms with Gasteiger partial charge in [0.05, 0.1) is 18.1 Å². The standard InChI is InChI=1S/C18H22BrN3O4/c1-12(2)16(21-17(24)13-7-4-5-8-14(13)19)18(25)26-11-15(23)22(3)10-6-9-20/h4-5,7-8,12,16H,6,10-11H2,1-3H3,(H,21,24). The second-order valence-electron chi connectivity index (χ2n) is 6.01. The van der Waals surface area contributed by atoms with Crippen molar-refractivity contribution in [3.05, 3.63) is 34.3 Å². The zero-order valence-electron chi connectivity index (χ0n) is 15.0. The van der Waals surface area contributed by atoms with Crippen molar-refractivity contribution >= 4 is 33.7 Å². The van der Waals surface area contributed by atoms with Gasteiger partial charge in [-0.05, 0) is 34.0 Å². The molecule has 0 aromatic heterocycles. The van der Waals surface area contributed by atoms with Gasteiger partial charge in [-0.1, -0.05) is 26.0 Å². The predicted molar refractivity (Wildman–Crippen MR) is 99.1 cm³/mol. The van der Waals surface area contributed by atoms with E-state index in [0.29, 0.717) is 10.0 Å². The van der Waals surface area contributed by atoms with Crippen LogP contribution in [0.15, 0.2) is 28.7 Å². The summed E-state index contributed by atoms with van der Waals surface area (Å²) in [5, 5.41) is 11.2. The minimum atomic E-state index is -0.883. The minimum absolute atomic E-state index is 0.201. The first kappa shape index (κ1) is 21.6. The van der Waals surface area contributed by atoms with Gasteiger partial charge in [0.1, 0.15) is 6.04 Å². The van der Waals surface area contributed by atoms with E-state index in [4.69, 9.17) is 10.00 Å². The van der Waals surface area contributed by atoms with Crippen molar-refractivity contribution in [2.24, 2.45) is 5.92 Å². The summed E-state index contributed by atoms with van der Waals surface area (Å²) in [5.41, 5.74) is 0.401. The molecule has 1 aromatic carbocycles. The molecule has 8 heteroatoms. The molecule has 26 heavy (non-hydrogen) atoms. The zero-order valence-corrected chi connectivity index (χ0v) is 16.6. The number of hydrogen-bond acceptors (Lipinski definition) is 5. The topological polar surface area (TPSA) is 99.5 Å². The summed E-state index contributed by atoms with van der Waals surface area (Å²) in [5.74, 6) is -1.72. The number of carbonyl (C=O) groups is 3. The number of benzene rings is 1. The van der Waals surface area contributed by atoms with Gasteiger partial charge in [0.15, 0.2) is 6.61 Å². The lowest BCUT2D eigenvalue weighted by Crippen LogP contribution is -2.46. The van der Waals surface area contributed by atoms with E-state index in [9.17, 15) is 14.4 Å². The Morgan fingerprint density at radius 1 is 1.31 bits per heavy atom. The SMILES string of the molecule is CC(C)C(NC(=O)c1ccccc1Br)C(=O)OCC(=O)N(C)CCC#N. The second kappa shape index (κ2) is 10.6. The molecule has 0 heterocycles. The van der Waals surface area contributed by atoms with Gasteiger partial charge < -0.3 is 15.0 Å². The summed E-state index contributed by atoms with van der Waals surface area (Å²) < 4.78 is 5.67. The molecular weight excluding hydrogens is 402 g/mol. The first-order valence-electron chi connectivity index (χ1n) is 8.10. The minimum Gasteiger partial charge on any atom is -0.454 e. The summed E-state index contributed by atoms with van der Waals surface area (Å²) in [4.78, 5) is 37.9. The van der Waals surface area contributed by atoms with Crippen LogP contribution in [0.2, 0.25) is 0 Å². The van der Waals surface area contributed by atoms with E-state index in [1.165, 1.54) is 11.9 Å². The van der Waals surface area contributed by atoms with Crippen LogP contribution in [-0.2, 0) is 14.3 Å². The number of nitriles is 1. The smallest absolute Gasteiger partial charge is 0.329 e. The summed E-state index contributed by atoms with van der Waals surface area (Å²) >= 11 is 3.30. The first-order valence-corrected chi connectivity index (χ1v) is 8.90. The summed E-state index contributed by atoms with van der Waals surface area (Å²) in [6.07, 6.45) is 0.201. The van der Waals surface area contributed by atoms with Crippen LogP contribution in [0.5, 0.6) is 0 Å². The second-order valence-corrected chi connectivity index (χ2v) is 6.86. The summed E-state index contributed by atoms with van der Waals surface area (Å²) in [7, 11) is 1.53. The van der Waals surface area contributed by atoms with Crippen molar-refractivity contribution < 1.29 is 19.1 Å². The number of carbonyl (C=O) groups excluding carboxylic acids is 3. The molecule has 0 spiro atoms. The molecule has 140 valence electrons. The number of nitrogens with zero attached hydrogens (tertiary/aromatic N) is 2. The molecular formula is C18H22BrN3O4. The molecule has 0 fully saturated rings. The average Bonchev–Trinajstić information content (AvgIpc) is 2.61. The number of esters is 1. The molecule has 0 aliphatic carbocycles. The molecule has 0 bridgehead atoms. The van der Waals surface area contributed by atoms with E-state index in [-0.39, 0.29) is 18.9 Å². The molecule has 1 rings (SSSR count). The van der Waals surface area contributed by atoms with E-state index in [1.807, 2.05) is 6.07 Å². The van der Waals surface area contributed by atoms with Gasteiger partial charge in [0, 0.05) is 18.1 Å². The van der Waals surface area contributed by atoms with Crippen molar-refractivity contribution in [1.29, 1.82) is 5.26 Å². The number of likely N-dealkylation sites (N-methyl/N-ethyl adjacent to an activating group) is 1. The molecule has 1 unspecified atom stereocenters. The first-order chi connectivity index (χ1) is 12.3. The highest BCUT2D eigenvalue weighted by atomic mass is 79.9. The number of ether oxygens (including phenoxy) is 1. The quantitative estimate of drug-likeness (QED) is 0.645. The van der Waals surface area contributed by atoms with E-state index in [0.717, 1.165) is 0 Å². The van der Waals surface area contributed by atoms with Crippen LogP contribution in [0.1, 0.15) is 30.6 Å². The third-order valence-corrected chi connectivity index (χ3v) is 4.34. The monoisotopic (exact) mass is 423 g/mol. The Morgan fingerprint density at radius 3 is 2.54 bits per heavy atom. The number of amides is 2. The molecule has 1 aromatic rings. The fraction of sp³-hybridized carbons (Fsp3) is 0.444. The molecule has 0 aliphatic rings. The Kier molecular flexibility index (Phi) is 8.79. The summed E-state index contributed by atoms with van der Waals surface area (Å²) in [6.45, 7) is 3.37. The largest absolute Gasteiger partial charge is 0.454 e. The highest BCUT2D eigenvalue weighted by Gasteiger charge is 2.27. The van der Waals surface area contributed by atoms with Crippen molar-refractivity contribution in [1.82, 2.24) is 10.2 Å². The number of rotatable bonds is 8. The predicted octanol–water partition coefficient (Wildman–Crippen LogP) is 2.12. The van der Waals surface area contributed by atoms with Crippen LogP contribution in [-0.4, -0.2) is 48.9 Å². The third kappa shape index (κ3) is 6.48. The van der Waals surface area contributed by atoms with Gasteiger partial charge in [0.2, 0.25) is 0 Å². The van der Waals surface area contributed by atoms with E-state index < -0.39 is 30.4 Å². The lowest BCUT2D eigenvalue weighted by atomic mass is 10.0. The van der Waals surface area contributed by atoms with Crippen LogP contribution < -0.4 is 5.32 Å². The lowest BCUT2D eigenvalue weighted by molar-refractivity contribution is -0.154. The molecule has 7 nitrogen and oxygen atoms in total. The van der Waals surface area contributed by atoms with E-state index in [1.54, 1.807) is 38.1 Å². The van der Waals surface area contributed by atoms with Crippen molar-refractivity contribution in [2.75, 3.05) is 20.2 Å².